The molecule has 0 unspecified atom stereocenters. The fourth-order valence-electron chi connectivity index (χ4n) is 0.708. The molecule has 3 nitrogen and oxygen atoms in total. The van der Waals surface area contributed by atoms with E-state index < -0.39 is 0 Å². The third kappa shape index (κ3) is 3.42. The van der Waals surface area contributed by atoms with Gasteiger partial charge in [-0.2, -0.15) is 0 Å². The summed E-state index contributed by atoms with van der Waals surface area (Å²) < 4.78 is 9.94. The third-order valence-electron chi connectivity index (χ3n) is 1.47. The van der Waals surface area contributed by atoms with Crippen LogP contribution in [0.5, 0.6) is 0 Å². The van der Waals surface area contributed by atoms with Crippen molar-refractivity contribution in [2.24, 2.45) is 0 Å². The fourth-order valence-corrected chi connectivity index (χ4v) is 0.708. The summed E-state index contributed by atoms with van der Waals surface area (Å²) in [5.41, 5.74) is 0.540. The molecule has 0 saturated carbocycles. The second-order valence-electron chi connectivity index (χ2n) is 2.33. The zero-order valence-corrected chi connectivity index (χ0v) is 8.14. The predicted octanol–water partition coefficient (Wildman–Crippen LogP) is 1.88. The molecule has 0 aliphatic carbocycles. The minimum absolute atomic E-state index is 0.302. The lowest BCUT2D eigenvalue weighted by molar-refractivity contribution is -0.138. The predicted molar refractivity (Wildman–Crippen MR) is 46.6 cm³/mol. The Morgan fingerprint density at radius 2 is 1.58 bits per heavy atom. The topological polar surface area (TPSA) is 35.5 Å². The second-order valence-corrected chi connectivity index (χ2v) is 2.33. The molecule has 70 valence electrons. The first kappa shape index (κ1) is 11.0. The first-order chi connectivity index (χ1) is 5.63. The van der Waals surface area contributed by atoms with E-state index in [1.54, 1.807) is 20.8 Å². The molecule has 0 heterocycles. The van der Waals surface area contributed by atoms with Crippen LogP contribution in [0.15, 0.2) is 11.3 Å². The van der Waals surface area contributed by atoms with Crippen molar-refractivity contribution in [3.8, 4) is 0 Å². The highest BCUT2D eigenvalue weighted by Crippen LogP contribution is 2.06. The van der Waals surface area contributed by atoms with Crippen molar-refractivity contribution < 1.29 is 14.3 Å². The normalized spacial score (nSPS) is 12.0. The van der Waals surface area contributed by atoms with Gasteiger partial charge in [-0.15, -0.1) is 0 Å². The molecule has 0 rings (SSSR count). The van der Waals surface area contributed by atoms with Gasteiger partial charge >= 0.3 is 5.97 Å². The van der Waals surface area contributed by atoms with Crippen molar-refractivity contribution in [1.82, 2.24) is 0 Å². The summed E-state index contributed by atoms with van der Waals surface area (Å²) in [5, 5.41) is 0. The van der Waals surface area contributed by atoms with Crippen LogP contribution in [0.1, 0.15) is 27.7 Å². The van der Waals surface area contributed by atoms with E-state index in [4.69, 9.17) is 9.47 Å². The molecule has 0 aliphatic rings. The number of hydrogen-bond acceptors (Lipinski definition) is 3. The lowest BCUT2D eigenvalue weighted by atomic mass is 10.3. The Morgan fingerprint density at radius 3 is 2.00 bits per heavy atom. The Morgan fingerprint density at radius 1 is 1.08 bits per heavy atom. The summed E-state index contributed by atoms with van der Waals surface area (Å²) in [5.74, 6) is 0.333. The average Bonchev–Trinajstić information content (AvgIpc) is 2.04. The maximum Gasteiger partial charge on any atom is 0.337 e. The first-order valence-corrected chi connectivity index (χ1v) is 4.10. The summed E-state index contributed by atoms with van der Waals surface area (Å²) in [6.45, 7) is 8.08. The summed E-state index contributed by atoms with van der Waals surface area (Å²) >= 11 is 0. The van der Waals surface area contributed by atoms with Crippen LogP contribution in [0.4, 0.5) is 0 Å². The van der Waals surface area contributed by atoms with Gasteiger partial charge in [-0.3, -0.25) is 0 Å². The van der Waals surface area contributed by atoms with E-state index in [2.05, 4.69) is 0 Å². The van der Waals surface area contributed by atoms with E-state index in [-0.39, 0.29) is 5.97 Å². The quantitative estimate of drug-likeness (QED) is 0.369. The molecular weight excluding hydrogens is 156 g/mol. The smallest absolute Gasteiger partial charge is 0.337 e. The van der Waals surface area contributed by atoms with Gasteiger partial charge in [0.2, 0.25) is 0 Å². The molecule has 0 radical (unpaired) electrons. The lowest BCUT2D eigenvalue weighted by Gasteiger charge is -2.07. The van der Waals surface area contributed by atoms with Gasteiger partial charge in [-0.25, -0.2) is 4.79 Å². The minimum Gasteiger partial charge on any atom is -0.498 e. The molecule has 0 aliphatic heterocycles. The summed E-state index contributed by atoms with van der Waals surface area (Å²) in [6, 6.07) is 0. The van der Waals surface area contributed by atoms with Gasteiger partial charge in [0.15, 0.2) is 0 Å². The number of carbonyl (C=O) groups excluding carboxylic acids is 1. The molecule has 0 aromatic rings. The number of ether oxygens (including phenoxy) is 2. The summed E-state index contributed by atoms with van der Waals surface area (Å²) in [6.07, 6.45) is 0. The molecule has 0 saturated heterocycles. The van der Waals surface area contributed by atoms with E-state index in [9.17, 15) is 4.79 Å². The Hall–Kier alpha value is -0.990. The van der Waals surface area contributed by atoms with Gasteiger partial charge < -0.3 is 9.47 Å². The number of esters is 1. The van der Waals surface area contributed by atoms with E-state index in [1.807, 2.05) is 6.92 Å². The van der Waals surface area contributed by atoms with Gasteiger partial charge in [0, 0.05) is 0 Å². The van der Waals surface area contributed by atoms with Gasteiger partial charge in [0.25, 0.3) is 0 Å². The number of hydrogen-bond donors (Lipinski definition) is 0. The van der Waals surface area contributed by atoms with Crippen LogP contribution >= 0.6 is 0 Å². The van der Waals surface area contributed by atoms with E-state index in [1.165, 1.54) is 0 Å². The van der Waals surface area contributed by atoms with E-state index in [0.717, 1.165) is 0 Å². The Kier molecular flexibility index (Phi) is 5.17. The molecule has 0 N–H and O–H groups in total. The number of allylic oxidation sites excluding steroid dienone is 1. The van der Waals surface area contributed by atoms with Crippen LogP contribution in [0, 0.1) is 0 Å². The van der Waals surface area contributed by atoms with Crippen molar-refractivity contribution in [3.63, 3.8) is 0 Å². The second kappa shape index (κ2) is 5.63. The zero-order valence-electron chi connectivity index (χ0n) is 8.14. The van der Waals surface area contributed by atoms with Crippen molar-refractivity contribution in [3.05, 3.63) is 11.3 Å². The van der Waals surface area contributed by atoms with Crippen molar-refractivity contribution in [2.75, 3.05) is 13.2 Å². The highest BCUT2D eigenvalue weighted by Gasteiger charge is 2.08. The van der Waals surface area contributed by atoms with Crippen LogP contribution in [0.2, 0.25) is 0 Å². The zero-order chi connectivity index (χ0) is 9.56. The van der Waals surface area contributed by atoms with Gasteiger partial charge in [0.1, 0.15) is 5.76 Å². The highest BCUT2D eigenvalue weighted by atomic mass is 16.5. The van der Waals surface area contributed by atoms with Crippen LogP contribution < -0.4 is 0 Å². The molecule has 3 heteroatoms. The molecule has 0 bridgehead atoms. The Bertz CT molecular complexity index is 182. The van der Waals surface area contributed by atoms with Crippen LogP contribution in [-0.2, 0) is 14.3 Å². The van der Waals surface area contributed by atoms with Crippen molar-refractivity contribution >= 4 is 5.97 Å². The van der Waals surface area contributed by atoms with Gasteiger partial charge in [0.05, 0.1) is 18.8 Å². The van der Waals surface area contributed by atoms with Crippen molar-refractivity contribution in [2.45, 2.75) is 27.7 Å². The Balaban J connectivity index is 4.22. The number of carbonyl (C=O) groups is 1. The maximum absolute atomic E-state index is 11.1. The molecular formula is C9H16O3. The van der Waals surface area contributed by atoms with Crippen LogP contribution in [0.25, 0.3) is 0 Å². The summed E-state index contributed by atoms with van der Waals surface area (Å²) in [4.78, 5) is 11.1. The molecule has 12 heavy (non-hydrogen) atoms. The Labute approximate surface area is 73.4 Å². The van der Waals surface area contributed by atoms with E-state index >= 15 is 0 Å². The fraction of sp³-hybridized carbons (Fsp3) is 0.667. The summed E-state index contributed by atoms with van der Waals surface area (Å²) in [7, 11) is 0. The number of rotatable bonds is 4. The average molecular weight is 172 g/mol. The molecule has 0 aromatic carbocycles. The standard InChI is InChI=1S/C9H16O3/c1-5-11-8(4)7(3)9(10)12-6-2/h5-6H2,1-4H3/b8-7+. The van der Waals surface area contributed by atoms with Crippen LogP contribution in [-0.4, -0.2) is 19.2 Å². The molecule has 0 fully saturated rings. The van der Waals surface area contributed by atoms with Crippen molar-refractivity contribution in [1.29, 1.82) is 0 Å². The molecule has 0 spiro atoms. The van der Waals surface area contributed by atoms with Crippen LogP contribution in [0.3, 0.4) is 0 Å². The molecule has 0 atom stereocenters. The van der Waals surface area contributed by atoms with Gasteiger partial charge in [-0.05, 0) is 27.7 Å². The van der Waals surface area contributed by atoms with E-state index in [0.29, 0.717) is 24.5 Å². The SMILES string of the molecule is CCOC(=O)/C(C)=C(\C)OCC. The minimum atomic E-state index is -0.302. The first-order valence-electron chi connectivity index (χ1n) is 4.10. The largest absolute Gasteiger partial charge is 0.498 e. The highest BCUT2D eigenvalue weighted by molar-refractivity contribution is 5.88. The molecule has 0 aromatic heterocycles. The lowest BCUT2D eigenvalue weighted by Crippen LogP contribution is -2.08. The monoisotopic (exact) mass is 172 g/mol. The maximum atomic E-state index is 11.1. The molecule has 0 amide bonds. The van der Waals surface area contributed by atoms with Gasteiger partial charge in [-0.1, -0.05) is 0 Å². The third-order valence-corrected chi connectivity index (χ3v) is 1.47.